The van der Waals surface area contributed by atoms with E-state index in [4.69, 9.17) is 9.47 Å². The SMILES string of the molecule is CCCNC1CC(CC)(COC)Oc2cc(F)ccc21. The van der Waals surface area contributed by atoms with E-state index >= 15 is 0 Å². The molecule has 112 valence electrons. The molecule has 1 heterocycles. The summed E-state index contributed by atoms with van der Waals surface area (Å²) in [5.41, 5.74) is 0.668. The number of rotatable bonds is 6. The van der Waals surface area contributed by atoms with Crippen molar-refractivity contribution in [3.05, 3.63) is 29.6 Å². The summed E-state index contributed by atoms with van der Waals surface area (Å²) < 4.78 is 24.9. The van der Waals surface area contributed by atoms with Crippen LogP contribution in [0.1, 0.15) is 44.7 Å². The minimum atomic E-state index is -0.374. The van der Waals surface area contributed by atoms with Gasteiger partial charge in [0.15, 0.2) is 0 Å². The van der Waals surface area contributed by atoms with Gasteiger partial charge >= 0.3 is 0 Å². The van der Waals surface area contributed by atoms with E-state index in [0.717, 1.165) is 31.4 Å². The van der Waals surface area contributed by atoms with Crippen LogP contribution in [0.3, 0.4) is 0 Å². The summed E-state index contributed by atoms with van der Waals surface area (Å²) in [7, 11) is 1.68. The molecule has 0 saturated heterocycles. The minimum absolute atomic E-state index is 0.189. The van der Waals surface area contributed by atoms with Gasteiger partial charge in [0.1, 0.15) is 17.2 Å². The highest BCUT2D eigenvalue weighted by Crippen LogP contribution is 2.41. The Balaban J connectivity index is 2.33. The summed E-state index contributed by atoms with van der Waals surface area (Å²) in [5.74, 6) is 0.381. The topological polar surface area (TPSA) is 30.5 Å². The van der Waals surface area contributed by atoms with Gasteiger partial charge in [0.2, 0.25) is 0 Å². The zero-order chi connectivity index (χ0) is 14.6. The molecule has 0 bridgehead atoms. The highest BCUT2D eigenvalue weighted by atomic mass is 19.1. The number of benzene rings is 1. The van der Waals surface area contributed by atoms with Crippen LogP contribution in [-0.4, -0.2) is 25.9 Å². The first kappa shape index (κ1) is 15.3. The summed E-state index contributed by atoms with van der Waals surface area (Å²) in [5, 5.41) is 3.54. The second kappa shape index (κ2) is 6.55. The maximum Gasteiger partial charge on any atom is 0.134 e. The highest BCUT2D eigenvalue weighted by molar-refractivity contribution is 5.39. The number of ether oxygens (including phenoxy) is 2. The summed E-state index contributed by atoms with van der Waals surface area (Å²) in [4.78, 5) is 0. The van der Waals surface area contributed by atoms with E-state index in [2.05, 4.69) is 19.2 Å². The molecule has 2 unspecified atom stereocenters. The second-order valence-electron chi connectivity index (χ2n) is 5.46. The second-order valence-corrected chi connectivity index (χ2v) is 5.46. The van der Waals surface area contributed by atoms with Gasteiger partial charge in [-0.25, -0.2) is 4.39 Å². The summed E-state index contributed by atoms with van der Waals surface area (Å²) in [6.45, 7) is 5.68. The highest BCUT2D eigenvalue weighted by Gasteiger charge is 2.39. The van der Waals surface area contributed by atoms with Gasteiger partial charge in [-0.15, -0.1) is 0 Å². The van der Waals surface area contributed by atoms with E-state index in [-0.39, 0.29) is 17.5 Å². The maximum absolute atomic E-state index is 13.5. The molecule has 20 heavy (non-hydrogen) atoms. The Labute approximate surface area is 120 Å². The van der Waals surface area contributed by atoms with Crippen LogP contribution in [0.25, 0.3) is 0 Å². The molecule has 0 saturated carbocycles. The van der Waals surface area contributed by atoms with Crippen molar-refractivity contribution >= 4 is 0 Å². The van der Waals surface area contributed by atoms with Crippen LogP contribution in [0, 0.1) is 5.82 Å². The molecule has 0 fully saturated rings. The monoisotopic (exact) mass is 281 g/mol. The Morgan fingerprint density at radius 1 is 1.45 bits per heavy atom. The molecule has 0 amide bonds. The van der Waals surface area contributed by atoms with Gasteiger partial charge in [0.25, 0.3) is 0 Å². The van der Waals surface area contributed by atoms with E-state index in [9.17, 15) is 4.39 Å². The van der Waals surface area contributed by atoms with Crippen molar-refractivity contribution in [2.75, 3.05) is 20.3 Å². The molecule has 1 aliphatic rings. The molecular formula is C16H24FNO2. The Morgan fingerprint density at radius 2 is 2.25 bits per heavy atom. The van der Waals surface area contributed by atoms with Crippen molar-refractivity contribution in [1.82, 2.24) is 5.32 Å². The van der Waals surface area contributed by atoms with Crippen LogP contribution in [0.5, 0.6) is 5.75 Å². The van der Waals surface area contributed by atoms with Gasteiger partial charge in [-0.3, -0.25) is 0 Å². The normalized spacial score (nSPS) is 25.1. The molecule has 0 aromatic heterocycles. The number of fused-ring (bicyclic) bond motifs is 1. The van der Waals surface area contributed by atoms with Crippen LogP contribution < -0.4 is 10.1 Å². The van der Waals surface area contributed by atoms with Crippen molar-refractivity contribution in [3.8, 4) is 5.75 Å². The minimum Gasteiger partial charge on any atom is -0.484 e. The van der Waals surface area contributed by atoms with Gasteiger partial charge in [0.05, 0.1) is 6.61 Å². The summed E-state index contributed by atoms with van der Waals surface area (Å²) >= 11 is 0. The summed E-state index contributed by atoms with van der Waals surface area (Å²) in [6.07, 6.45) is 2.74. The van der Waals surface area contributed by atoms with Gasteiger partial charge in [-0.2, -0.15) is 0 Å². The molecule has 2 atom stereocenters. The summed E-state index contributed by atoms with van der Waals surface area (Å²) in [6, 6.07) is 4.99. The fourth-order valence-electron chi connectivity index (χ4n) is 2.81. The number of methoxy groups -OCH3 is 1. The van der Waals surface area contributed by atoms with E-state index < -0.39 is 0 Å². The molecule has 1 aromatic carbocycles. The molecular weight excluding hydrogens is 257 g/mol. The Hall–Kier alpha value is -1.13. The van der Waals surface area contributed by atoms with Crippen molar-refractivity contribution in [1.29, 1.82) is 0 Å². The van der Waals surface area contributed by atoms with Crippen molar-refractivity contribution < 1.29 is 13.9 Å². The molecule has 0 aliphatic carbocycles. The third-order valence-corrected chi connectivity index (χ3v) is 3.95. The zero-order valence-electron chi connectivity index (χ0n) is 12.5. The average Bonchev–Trinajstić information content (AvgIpc) is 2.44. The van der Waals surface area contributed by atoms with Gasteiger partial charge in [-0.1, -0.05) is 19.9 Å². The molecule has 3 nitrogen and oxygen atoms in total. The predicted octanol–water partition coefficient (Wildman–Crippen LogP) is 3.44. The predicted molar refractivity (Wildman–Crippen MR) is 77.6 cm³/mol. The molecule has 4 heteroatoms. The fraction of sp³-hybridized carbons (Fsp3) is 0.625. The first-order valence-corrected chi connectivity index (χ1v) is 7.35. The van der Waals surface area contributed by atoms with E-state index in [1.54, 1.807) is 7.11 Å². The third kappa shape index (κ3) is 3.13. The fourth-order valence-corrected chi connectivity index (χ4v) is 2.81. The van der Waals surface area contributed by atoms with Crippen molar-refractivity contribution in [3.63, 3.8) is 0 Å². The van der Waals surface area contributed by atoms with Crippen LogP contribution in [0.4, 0.5) is 4.39 Å². The van der Waals surface area contributed by atoms with Gasteiger partial charge in [0, 0.05) is 31.2 Å². The zero-order valence-corrected chi connectivity index (χ0v) is 12.5. The van der Waals surface area contributed by atoms with Crippen LogP contribution in [0.15, 0.2) is 18.2 Å². The molecule has 1 N–H and O–H groups in total. The largest absolute Gasteiger partial charge is 0.484 e. The maximum atomic E-state index is 13.5. The van der Waals surface area contributed by atoms with Gasteiger partial charge < -0.3 is 14.8 Å². The first-order chi connectivity index (χ1) is 9.64. The molecule has 0 spiro atoms. The molecule has 2 rings (SSSR count). The van der Waals surface area contributed by atoms with E-state index in [1.807, 2.05) is 6.07 Å². The lowest BCUT2D eigenvalue weighted by molar-refractivity contribution is -0.0372. The lowest BCUT2D eigenvalue weighted by Crippen LogP contribution is -2.47. The van der Waals surface area contributed by atoms with Crippen LogP contribution >= 0.6 is 0 Å². The smallest absolute Gasteiger partial charge is 0.134 e. The Bertz CT molecular complexity index is 452. The first-order valence-electron chi connectivity index (χ1n) is 7.35. The lowest BCUT2D eigenvalue weighted by Gasteiger charge is -2.41. The van der Waals surface area contributed by atoms with Crippen LogP contribution in [-0.2, 0) is 4.74 Å². The van der Waals surface area contributed by atoms with E-state index in [1.165, 1.54) is 12.1 Å². The lowest BCUT2D eigenvalue weighted by atomic mass is 9.85. The number of hydrogen-bond acceptors (Lipinski definition) is 3. The average molecular weight is 281 g/mol. The van der Waals surface area contributed by atoms with Gasteiger partial charge in [-0.05, 0) is 25.5 Å². The third-order valence-electron chi connectivity index (χ3n) is 3.95. The van der Waals surface area contributed by atoms with Crippen molar-refractivity contribution in [2.24, 2.45) is 0 Å². The Kier molecular flexibility index (Phi) is 5.00. The quantitative estimate of drug-likeness (QED) is 0.866. The van der Waals surface area contributed by atoms with Crippen molar-refractivity contribution in [2.45, 2.75) is 44.8 Å². The molecule has 1 aromatic rings. The van der Waals surface area contributed by atoms with E-state index in [0.29, 0.717) is 12.4 Å². The standard InChI is InChI=1S/C16H24FNO2/c1-4-8-18-14-10-16(5-2,11-19-3)20-15-9-12(17)6-7-13(14)15/h6-7,9,14,18H,4-5,8,10-11H2,1-3H3. The number of hydrogen-bond donors (Lipinski definition) is 1. The van der Waals surface area contributed by atoms with Crippen LogP contribution in [0.2, 0.25) is 0 Å². The Morgan fingerprint density at radius 3 is 2.90 bits per heavy atom. The molecule has 1 aliphatic heterocycles. The number of halogens is 1. The molecule has 0 radical (unpaired) electrons. The number of nitrogens with one attached hydrogen (secondary N) is 1.